The molecule has 0 radical (unpaired) electrons. The molecule has 2 N–H and O–H groups in total. The first kappa shape index (κ1) is 18.4. The van der Waals surface area contributed by atoms with Crippen molar-refractivity contribution in [3.05, 3.63) is 23.8 Å². The minimum Gasteiger partial charge on any atom is -0.508 e. The Morgan fingerprint density at radius 3 is 2.30 bits per heavy atom. The molecular weight excluding hydrogens is 325 g/mol. The Hall–Kier alpha value is -0.920. The molecule has 0 saturated carbocycles. The van der Waals surface area contributed by atoms with Crippen molar-refractivity contribution in [1.82, 2.24) is 10.2 Å². The van der Waals surface area contributed by atoms with Gasteiger partial charge >= 0.3 is 5.51 Å². The Morgan fingerprint density at radius 2 is 1.78 bits per heavy atom. The summed E-state index contributed by atoms with van der Waals surface area (Å²) in [4.78, 5) is 2.34. The largest absolute Gasteiger partial charge is 0.508 e. The van der Waals surface area contributed by atoms with Gasteiger partial charge < -0.3 is 10.4 Å². The summed E-state index contributed by atoms with van der Waals surface area (Å²) >= 11 is -0.144. The van der Waals surface area contributed by atoms with Crippen LogP contribution in [-0.2, 0) is 0 Å². The molecule has 0 amide bonds. The van der Waals surface area contributed by atoms with Crippen LogP contribution in [0.3, 0.4) is 0 Å². The number of piperazine rings is 1. The van der Waals surface area contributed by atoms with E-state index >= 15 is 0 Å². The molecule has 1 heterocycles. The Morgan fingerprint density at radius 1 is 1.17 bits per heavy atom. The van der Waals surface area contributed by atoms with Gasteiger partial charge in [0.25, 0.3) is 0 Å². The Bertz CT molecular complexity index is 537. The monoisotopic (exact) mass is 348 g/mol. The molecule has 0 unspecified atom stereocenters. The molecule has 0 spiro atoms. The second kappa shape index (κ2) is 6.91. The lowest BCUT2D eigenvalue weighted by Gasteiger charge is -2.42. The third kappa shape index (κ3) is 5.02. The predicted molar refractivity (Wildman–Crippen MR) is 86.7 cm³/mol. The standard InChI is InChI=1S/C16H23F3N2OS/c1-15(2,3)14(21-8-6-20-7-9-21)12-10-11(4-5-13(12)22)23-16(17,18)19/h4-5,10,14,20,22H,6-9H2,1-3H3/t14-/m0/s1. The zero-order valence-electron chi connectivity index (χ0n) is 13.6. The van der Waals surface area contributed by atoms with E-state index in [0.717, 1.165) is 26.2 Å². The van der Waals surface area contributed by atoms with Gasteiger partial charge in [-0.2, -0.15) is 13.2 Å². The second-order valence-corrected chi connectivity index (χ2v) is 7.96. The number of thioether (sulfide) groups is 1. The highest BCUT2D eigenvalue weighted by molar-refractivity contribution is 8.00. The number of phenols is 1. The smallest absolute Gasteiger partial charge is 0.446 e. The summed E-state index contributed by atoms with van der Waals surface area (Å²) in [5, 5.41) is 13.5. The zero-order valence-corrected chi connectivity index (χ0v) is 14.4. The van der Waals surface area contributed by atoms with Crippen molar-refractivity contribution >= 4 is 11.8 Å². The fraction of sp³-hybridized carbons (Fsp3) is 0.625. The van der Waals surface area contributed by atoms with Gasteiger partial charge in [0.15, 0.2) is 0 Å². The van der Waals surface area contributed by atoms with E-state index in [1.54, 1.807) is 0 Å². The first-order chi connectivity index (χ1) is 10.6. The minimum atomic E-state index is -4.33. The molecule has 1 aromatic rings. The van der Waals surface area contributed by atoms with Crippen LogP contribution in [0.15, 0.2) is 23.1 Å². The predicted octanol–water partition coefficient (Wildman–Crippen LogP) is 4.00. The van der Waals surface area contributed by atoms with Crippen LogP contribution in [0.4, 0.5) is 13.2 Å². The van der Waals surface area contributed by atoms with Crippen LogP contribution in [0.2, 0.25) is 0 Å². The highest BCUT2D eigenvalue weighted by atomic mass is 32.2. The lowest BCUT2D eigenvalue weighted by Crippen LogP contribution is -2.48. The molecule has 3 nitrogen and oxygen atoms in total. The quantitative estimate of drug-likeness (QED) is 0.810. The van der Waals surface area contributed by atoms with Crippen molar-refractivity contribution < 1.29 is 18.3 Å². The fourth-order valence-corrected chi connectivity index (χ4v) is 3.69. The molecule has 1 atom stereocenters. The summed E-state index contributed by atoms with van der Waals surface area (Å²) in [5.41, 5.74) is -3.98. The highest BCUT2D eigenvalue weighted by Crippen LogP contribution is 2.45. The lowest BCUT2D eigenvalue weighted by molar-refractivity contribution is -0.0328. The number of nitrogens with one attached hydrogen (secondary N) is 1. The number of halogens is 3. The summed E-state index contributed by atoms with van der Waals surface area (Å²) in [6.07, 6.45) is 0. The summed E-state index contributed by atoms with van der Waals surface area (Å²) < 4.78 is 37.9. The molecule has 0 aliphatic carbocycles. The molecule has 0 bridgehead atoms. The summed E-state index contributed by atoms with van der Waals surface area (Å²) in [5.74, 6) is 0.0509. The van der Waals surface area contributed by atoms with Crippen LogP contribution < -0.4 is 5.32 Å². The number of rotatable bonds is 3. The third-order valence-corrected chi connectivity index (χ3v) is 4.59. The van der Waals surface area contributed by atoms with Gasteiger partial charge in [0.05, 0.1) is 0 Å². The van der Waals surface area contributed by atoms with E-state index < -0.39 is 5.51 Å². The maximum Gasteiger partial charge on any atom is 0.446 e. The van der Waals surface area contributed by atoms with Crippen LogP contribution in [0.1, 0.15) is 32.4 Å². The molecule has 1 aromatic carbocycles. The first-order valence-electron chi connectivity index (χ1n) is 7.61. The van der Waals surface area contributed by atoms with Crippen LogP contribution >= 0.6 is 11.8 Å². The molecule has 0 aromatic heterocycles. The van der Waals surface area contributed by atoms with Crippen molar-refractivity contribution in [2.75, 3.05) is 26.2 Å². The van der Waals surface area contributed by atoms with Gasteiger partial charge in [0, 0.05) is 42.7 Å². The van der Waals surface area contributed by atoms with Gasteiger partial charge in [-0.25, -0.2) is 0 Å². The second-order valence-electron chi connectivity index (χ2n) is 6.82. The number of hydrogen-bond acceptors (Lipinski definition) is 4. The third-order valence-electron chi connectivity index (χ3n) is 3.86. The van der Waals surface area contributed by atoms with Gasteiger partial charge in [0.2, 0.25) is 0 Å². The van der Waals surface area contributed by atoms with Gasteiger partial charge in [0.1, 0.15) is 5.75 Å². The van der Waals surface area contributed by atoms with Gasteiger partial charge in [-0.3, -0.25) is 4.90 Å². The van der Waals surface area contributed by atoms with Crippen LogP contribution in [0.25, 0.3) is 0 Å². The van der Waals surface area contributed by atoms with E-state index in [2.05, 4.69) is 10.2 Å². The number of alkyl halides is 3. The average Bonchev–Trinajstić information content (AvgIpc) is 2.41. The van der Waals surface area contributed by atoms with E-state index in [1.807, 2.05) is 20.8 Å². The molecule has 7 heteroatoms. The van der Waals surface area contributed by atoms with E-state index in [-0.39, 0.29) is 33.9 Å². The van der Waals surface area contributed by atoms with Crippen molar-refractivity contribution in [3.8, 4) is 5.75 Å². The number of nitrogens with zero attached hydrogens (tertiary/aromatic N) is 1. The topological polar surface area (TPSA) is 35.5 Å². The Kier molecular flexibility index (Phi) is 5.53. The van der Waals surface area contributed by atoms with Crippen molar-refractivity contribution in [2.45, 2.75) is 37.2 Å². The maximum absolute atomic E-state index is 12.6. The number of phenolic OH excluding ortho intramolecular Hbond substituents is 1. The number of aromatic hydroxyl groups is 1. The van der Waals surface area contributed by atoms with E-state index in [9.17, 15) is 18.3 Å². The highest BCUT2D eigenvalue weighted by Gasteiger charge is 2.35. The average molecular weight is 348 g/mol. The summed E-state index contributed by atoms with van der Waals surface area (Å²) in [6, 6.07) is 4.02. The normalized spacial score (nSPS) is 18.9. The van der Waals surface area contributed by atoms with Crippen molar-refractivity contribution in [1.29, 1.82) is 0 Å². The van der Waals surface area contributed by atoms with E-state index in [0.29, 0.717) is 5.56 Å². The zero-order chi connectivity index (χ0) is 17.3. The molecule has 23 heavy (non-hydrogen) atoms. The Labute approximate surface area is 139 Å². The van der Waals surface area contributed by atoms with Crippen molar-refractivity contribution in [2.24, 2.45) is 5.41 Å². The van der Waals surface area contributed by atoms with E-state index in [1.165, 1.54) is 18.2 Å². The number of benzene rings is 1. The molecule has 1 fully saturated rings. The van der Waals surface area contributed by atoms with Crippen LogP contribution in [0, 0.1) is 5.41 Å². The van der Waals surface area contributed by atoms with Gasteiger partial charge in [-0.15, -0.1) is 0 Å². The molecule has 130 valence electrons. The maximum atomic E-state index is 12.6. The fourth-order valence-electron chi connectivity index (χ4n) is 3.10. The lowest BCUT2D eigenvalue weighted by atomic mass is 9.80. The first-order valence-corrected chi connectivity index (χ1v) is 8.43. The van der Waals surface area contributed by atoms with Crippen LogP contribution in [0.5, 0.6) is 5.75 Å². The minimum absolute atomic E-state index is 0.0509. The van der Waals surface area contributed by atoms with Crippen LogP contribution in [-0.4, -0.2) is 41.7 Å². The SMILES string of the molecule is CC(C)(C)[C@H](c1cc(SC(F)(F)F)ccc1O)N1CCNCC1. The molecular formula is C16H23F3N2OS. The Balaban J connectivity index is 2.39. The van der Waals surface area contributed by atoms with Gasteiger partial charge in [-0.05, 0) is 35.4 Å². The van der Waals surface area contributed by atoms with E-state index in [4.69, 9.17) is 0 Å². The molecule has 2 rings (SSSR count). The summed E-state index contributed by atoms with van der Waals surface area (Å²) in [7, 11) is 0. The van der Waals surface area contributed by atoms with Crippen molar-refractivity contribution in [3.63, 3.8) is 0 Å². The molecule has 1 aliphatic rings. The molecule has 1 saturated heterocycles. The number of hydrogen-bond donors (Lipinski definition) is 2. The van der Waals surface area contributed by atoms with Gasteiger partial charge in [-0.1, -0.05) is 20.8 Å². The molecule has 1 aliphatic heterocycles. The summed E-state index contributed by atoms with van der Waals surface area (Å²) in [6.45, 7) is 9.42.